The van der Waals surface area contributed by atoms with Crippen LogP contribution in [0, 0.1) is 6.92 Å². The Labute approximate surface area is 93.3 Å². The Morgan fingerprint density at radius 1 is 1.44 bits per heavy atom. The number of primary amides is 1. The monoisotopic (exact) mass is 222 g/mol. The fourth-order valence-corrected chi connectivity index (χ4v) is 1.27. The lowest BCUT2D eigenvalue weighted by Crippen LogP contribution is -2.33. The van der Waals surface area contributed by atoms with Crippen LogP contribution in [0.15, 0.2) is 18.2 Å². The summed E-state index contributed by atoms with van der Waals surface area (Å²) in [6, 6.07) is 4.32. The highest BCUT2D eigenvalue weighted by Gasteiger charge is 2.14. The first-order chi connectivity index (χ1) is 7.41. The van der Waals surface area contributed by atoms with Gasteiger partial charge in [0.1, 0.15) is 6.04 Å². The third-order valence-corrected chi connectivity index (χ3v) is 2.20. The van der Waals surface area contributed by atoms with Gasteiger partial charge in [0.05, 0.1) is 5.56 Å². The van der Waals surface area contributed by atoms with Gasteiger partial charge in [0.2, 0.25) is 5.91 Å². The number of amides is 1. The van der Waals surface area contributed by atoms with Crippen molar-refractivity contribution in [3.63, 3.8) is 0 Å². The fraction of sp³-hybridized carbons (Fsp3) is 0.273. The number of carboxylic acids is 1. The van der Waals surface area contributed by atoms with Crippen LogP contribution in [0.4, 0.5) is 5.69 Å². The Morgan fingerprint density at radius 3 is 2.56 bits per heavy atom. The van der Waals surface area contributed by atoms with E-state index < -0.39 is 17.9 Å². The minimum atomic E-state index is -1.04. The van der Waals surface area contributed by atoms with E-state index in [0.29, 0.717) is 5.69 Å². The molecule has 0 aromatic heterocycles. The van der Waals surface area contributed by atoms with Crippen LogP contribution in [0.2, 0.25) is 0 Å². The number of hydrogen-bond acceptors (Lipinski definition) is 3. The van der Waals surface area contributed by atoms with Crippen molar-refractivity contribution in [2.75, 3.05) is 5.32 Å². The molecule has 0 heterocycles. The van der Waals surface area contributed by atoms with E-state index >= 15 is 0 Å². The van der Waals surface area contributed by atoms with Gasteiger partial charge in [-0.15, -0.1) is 0 Å². The van der Waals surface area contributed by atoms with Gasteiger partial charge in [0.25, 0.3) is 0 Å². The van der Waals surface area contributed by atoms with Crippen molar-refractivity contribution in [2.24, 2.45) is 5.73 Å². The molecule has 0 radical (unpaired) electrons. The molecule has 0 bridgehead atoms. The molecule has 0 spiro atoms. The molecular formula is C11H14N2O3. The van der Waals surface area contributed by atoms with Crippen LogP contribution in [0.25, 0.3) is 0 Å². The second-order valence-electron chi connectivity index (χ2n) is 3.62. The average Bonchev–Trinajstić information content (AvgIpc) is 2.20. The summed E-state index contributed by atoms with van der Waals surface area (Å²) in [5.74, 6) is -1.57. The molecule has 1 amide bonds. The van der Waals surface area contributed by atoms with E-state index in [1.807, 2.05) is 0 Å². The standard InChI is InChI=1S/C11H14N2O3/c1-6-3-4-9(8(5-6)11(15)16)13-7(2)10(12)14/h3-5,7,13H,1-2H3,(H2,12,14)(H,15,16). The quantitative estimate of drug-likeness (QED) is 0.708. The predicted molar refractivity (Wildman–Crippen MR) is 60.4 cm³/mol. The number of nitrogens with two attached hydrogens (primary N) is 1. The first kappa shape index (κ1) is 12.0. The van der Waals surface area contributed by atoms with Crippen LogP contribution >= 0.6 is 0 Å². The molecule has 0 aliphatic carbocycles. The van der Waals surface area contributed by atoms with Crippen molar-refractivity contribution in [3.05, 3.63) is 29.3 Å². The van der Waals surface area contributed by atoms with E-state index in [0.717, 1.165) is 5.56 Å². The number of carbonyl (C=O) groups is 2. The second-order valence-corrected chi connectivity index (χ2v) is 3.62. The first-order valence-electron chi connectivity index (χ1n) is 4.81. The maximum absolute atomic E-state index is 11.0. The van der Waals surface area contributed by atoms with Crippen LogP contribution < -0.4 is 11.1 Å². The van der Waals surface area contributed by atoms with Crippen molar-refractivity contribution >= 4 is 17.6 Å². The van der Waals surface area contributed by atoms with E-state index in [2.05, 4.69) is 5.32 Å². The number of carbonyl (C=O) groups excluding carboxylic acids is 1. The number of rotatable bonds is 4. The number of benzene rings is 1. The Kier molecular flexibility index (Phi) is 3.50. The smallest absolute Gasteiger partial charge is 0.337 e. The number of aromatic carboxylic acids is 1. The highest BCUT2D eigenvalue weighted by atomic mass is 16.4. The lowest BCUT2D eigenvalue weighted by molar-refractivity contribution is -0.118. The topological polar surface area (TPSA) is 92.4 Å². The summed E-state index contributed by atoms with van der Waals surface area (Å²) in [6.45, 7) is 3.38. The summed E-state index contributed by atoms with van der Waals surface area (Å²) in [7, 11) is 0. The molecule has 1 rings (SSSR count). The SMILES string of the molecule is Cc1ccc(NC(C)C(N)=O)c(C(=O)O)c1. The summed E-state index contributed by atoms with van der Waals surface area (Å²) in [5, 5.41) is 11.7. The number of anilines is 1. The van der Waals surface area contributed by atoms with Crippen molar-refractivity contribution in [1.29, 1.82) is 0 Å². The Morgan fingerprint density at radius 2 is 2.06 bits per heavy atom. The van der Waals surface area contributed by atoms with Gasteiger partial charge in [-0.1, -0.05) is 11.6 Å². The van der Waals surface area contributed by atoms with Gasteiger partial charge < -0.3 is 16.2 Å². The second kappa shape index (κ2) is 4.65. The highest BCUT2D eigenvalue weighted by molar-refractivity contribution is 5.95. The van der Waals surface area contributed by atoms with E-state index in [9.17, 15) is 9.59 Å². The summed E-state index contributed by atoms with van der Waals surface area (Å²) >= 11 is 0. The predicted octanol–water partition coefficient (Wildman–Crippen LogP) is 0.979. The minimum Gasteiger partial charge on any atom is -0.478 e. The minimum absolute atomic E-state index is 0.133. The number of aryl methyl sites for hydroxylation is 1. The van der Waals surface area contributed by atoms with Crippen LogP contribution in [-0.4, -0.2) is 23.0 Å². The molecule has 5 heteroatoms. The summed E-state index contributed by atoms with van der Waals surface area (Å²) in [6.07, 6.45) is 0. The Hall–Kier alpha value is -2.04. The molecule has 0 saturated carbocycles. The molecule has 0 saturated heterocycles. The summed E-state index contributed by atoms with van der Waals surface area (Å²) in [5.41, 5.74) is 6.46. The van der Waals surface area contributed by atoms with E-state index in [4.69, 9.17) is 10.8 Å². The first-order valence-corrected chi connectivity index (χ1v) is 4.81. The van der Waals surface area contributed by atoms with Gasteiger partial charge in [-0.05, 0) is 26.0 Å². The number of hydrogen-bond donors (Lipinski definition) is 3. The fourth-order valence-electron chi connectivity index (χ4n) is 1.27. The molecule has 1 unspecified atom stereocenters. The normalized spacial score (nSPS) is 11.9. The molecule has 1 aromatic rings. The Balaban J connectivity index is 3.04. The lowest BCUT2D eigenvalue weighted by atomic mass is 10.1. The molecule has 5 nitrogen and oxygen atoms in total. The molecular weight excluding hydrogens is 208 g/mol. The number of carboxylic acid groups (broad SMARTS) is 1. The third kappa shape index (κ3) is 2.73. The number of nitrogens with one attached hydrogen (secondary N) is 1. The molecule has 0 aliphatic rings. The maximum atomic E-state index is 11.0. The van der Waals surface area contributed by atoms with Crippen LogP contribution in [0.3, 0.4) is 0 Å². The zero-order valence-electron chi connectivity index (χ0n) is 9.15. The van der Waals surface area contributed by atoms with Crippen molar-refractivity contribution < 1.29 is 14.7 Å². The average molecular weight is 222 g/mol. The van der Waals surface area contributed by atoms with Crippen LogP contribution in [0.1, 0.15) is 22.8 Å². The van der Waals surface area contributed by atoms with Crippen LogP contribution in [0.5, 0.6) is 0 Å². The van der Waals surface area contributed by atoms with Gasteiger partial charge in [0, 0.05) is 5.69 Å². The van der Waals surface area contributed by atoms with Gasteiger partial charge in [-0.2, -0.15) is 0 Å². The molecule has 1 aromatic carbocycles. The zero-order valence-corrected chi connectivity index (χ0v) is 9.15. The Bertz CT molecular complexity index is 429. The van der Waals surface area contributed by atoms with Gasteiger partial charge in [0.15, 0.2) is 0 Å². The van der Waals surface area contributed by atoms with Gasteiger partial charge >= 0.3 is 5.97 Å². The largest absolute Gasteiger partial charge is 0.478 e. The maximum Gasteiger partial charge on any atom is 0.337 e. The summed E-state index contributed by atoms with van der Waals surface area (Å²) in [4.78, 5) is 21.8. The third-order valence-electron chi connectivity index (χ3n) is 2.20. The van der Waals surface area contributed by atoms with E-state index in [1.54, 1.807) is 32.0 Å². The van der Waals surface area contributed by atoms with E-state index in [-0.39, 0.29) is 5.56 Å². The lowest BCUT2D eigenvalue weighted by Gasteiger charge is -2.14. The molecule has 0 fully saturated rings. The molecule has 4 N–H and O–H groups in total. The zero-order chi connectivity index (χ0) is 12.3. The molecule has 0 aliphatic heterocycles. The van der Waals surface area contributed by atoms with Gasteiger partial charge in [-0.25, -0.2) is 4.79 Å². The summed E-state index contributed by atoms with van der Waals surface area (Å²) < 4.78 is 0. The van der Waals surface area contributed by atoms with E-state index in [1.165, 1.54) is 0 Å². The molecule has 1 atom stereocenters. The molecule has 16 heavy (non-hydrogen) atoms. The van der Waals surface area contributed by atoms with Crippen molar-refractivity contribution in [2.45, 2.75) is 19.9 Å². The van der Waals surface area contributed by atoms with Crippen molar-refractivity contribution in [3.8, 4) is 0 Å². The molecule has 86 valence electrons. The van der Waals surface area contributed by atoms with Crippen LogP contribution in [-0.2, 0) is 4.79 Å². The van der Waals surface area contributed by atoms with Crippen molar-refractivity contribution in [1.82, 2.24) is 0 Å². The highest BCUT2D eigenvalue weighted by Crippen LogP contribution is 2.18. The van der Waals surface area contributed by atoms with Gasteiger partial charge in [-0.3, -0.25) is 4.79 Å².